The summed E-state index contributed by atoms with van der Waals surface area (Å²) in [6, 6.07) is 4.94. The van der Waals surface area contributed by atoms with Gasteiger partial charge in [0.15, 0.2) is 5.03 Å². The largest absolute Gasteiger partial charge is 0.235 e. The molecule has 0 saturated heterocycles. The van der Waals surface area contributed by atoms with Gasteiger partial charge in [-0.05, 0) is 12.1 Å². The van der Waals surface area contributed by atoms with E-state index in [9.17, 15) is 10.1 Å². The van der Waals surface area contributed by atoms with Crippen molar-refractivity contribution in [2.45, 2.75) is 0 Å². The van der Waals surface area contributed by atoms with Crippen molar-refractivity contribution in [2.75, 3.05) is 5.43 Å². The van der Waals surface area contributed by atoms with Gasteiger partial charge in [-0.25, -0.2) is 10.1 Å². The summed E-state index contributed by atoms with van der Waals surface area (Å²) in [5.41, 5.74) is 3.41. The highest BCUT2D eigenvalue weighted by Gasteiger charge is 2.07. The number of anilines is 1. The summed E-state index contributed by atoms with van der Waals surface area (Å²) in [5, 5.41) is 19.5. The van der Waals surface area contributed by atoms with E-state index in [-0.39, 0.29) is 0 Å². The van der Waals surface area contributed by atoms with Crippen molar-refractivity contribution in [3.05, 3.63) is 28.3 Å². The third-order valence-corrected chi connectivity index (χ3v) is 1.56. The highest BCUT2D eigenvalue weighted by molar-refractivity contribution is 5.86. The normalized spacial score (nSPS) is 10.2. The van der Waals surface area contributed by atoms with Crippen LogP contribution in [0, 0.1) is 10.1 Å². The number of nitro groups is 1. The Morgan fingerprint density at radius 2 is 2.31 bits per heavy atom. The maximum atomic E-state index is 10.2. The highest BCUT2D eigenvalue weighted by atomic mass is 16.7. The summed E-state index contributed by atoms with van der Waals surface area (Å²) >= 11 is 0. The van der Waals surface area contributed by atoms with Crippen molar-refractivity contribution in [1.82, 2.24) is 15.4 Å². The number of rotatable bonds is 2. The van der Waals surface area contributed by atoms with E-state index in [0.29, 0.717) is 16.7 Å². The number of hydrogen-bond donors (Lipinski definition) is 2. The van der Waals surface area contributed by atoms with Gasteiger partial charge in [-0.2, -0.15) is 15.4 Å². The SMILES string of the molecule is O=[N+]([O-])Nc1cccc2n[nH]nc12. The van der Waals surface area contributed by atoms with E-state index in [1.807, 2.05) is 5.43 Å². The molecular formula is C6H5N5O2. The number of aromatic nitrogens is 3. The van der Waals surface area contributed by atoms with E-state index >= 15 is 0 Å². The molecule has 0 aliphatic carbocycles. The van der Waals surface area contributed by atoms with Crippen LogP contribution >= 0.6 is 0 Å². The van der Waals surface area contributed by atoms with E-state index < -0.39 is 5.03 Å². The molecule has 0 bridgehead atoms. The second-order valence-corrected chi connectivity index (χ2v) is 2.37. The minimum absolute atomic E-state index is 0.330. The Labute approximate surface area is 71.9 Å². The van der Waals surface area contributed by atoms with Crippen molar-refractivity contribution in [3.8, 4) is 0 Å². The molecule has 2 N–H and O–H groups in total. The van der Waals surface area contributed by atoms with Crippen LogP contribution in [0.5, 0.6) is 0 Å². The Kier molecular flexibility index (Phi) is 1.55. The first-order valence-corrected chi connectivity index (χ1v) is 3.48. The zero-order valence-electron chi connectivity index (χ0n) is 6.39. The predicted molar refractivity (Wildman–Crippen MR) is 44.5 cm³/mol. The zero-order valence-corrected chi connectivity index (χ0v) is 6.39. The highest BCUT2D eigenvalue weighted by Crippen LogP contribution is 2.17. The molecule has 7 nitrogen and oxygen atoms in total. The number of benzene rings is 1. The number of nitrogens with one attached hydrogen (secondary N) is 2. The fourth-order valence-electron chi connectivity index (χ4n) is 1.06. The third-order valence-electron chi connectivity index (χ3n) is 1.56. The summed E-state index contributed by atoms with van der Waals surface area (Å²) < 4.78 is 0. The van der Waals surface area contributed by atoms with Gasteiger partial charge in [0.05, 0.1) is 0 Å². The van der Waals surface area contributed by atoms with Gasteiger partial charge in [-0.3, -0.25) is 0 Å². The summed E-state index contributed by atoms with van der Waals surface area (Å²) in [5.74, 6) is 0. The fraction of sp³-hybridized carbons (Fsp3) is 0. The minimum atomic E-state index is -0.635. The second-order valence-electron chi connectivity index (χ2n) is 2.37. The molecule has 0 aliphatic rings. The Balaban J connectivity index is 2.54. The van der Waals surface area contributed by atoms with Gasteiger partial charge in [0, 0.05) is 0 Å². The lowest BCUT2D eigenvalue weighted by molar-refractivity contribution is -0.445. The first-order chi connectivity index (χ1) is 6.27. The molecule has 0 fully saturated rings. The number of aromatic amines is 1. The van der Waals surface area contributed by atoms with Crippen LogP contribution in [-0.2, 0) is 0 Å². The molecule has 0 spiro atoms. The molecule has 7 heteroatoms. The van der Waals surface area contributed by atoms with Crippen LogP contribution in [0.15, 0.2) is 18.2 Å². The maximum absolute atomic E-state index is 10.2. The number of para-hydroxylation sites is 1. The van der Waals surface area contributed by atoms with Crippen molar-refractivity contribution in [3.63, 3.8) is 0 Å². The first-order valence-electron chi connectivity index (χ1n) is 3.48. The monoisotopic (exact) mass is 179 g/mol. The van der Waals surface area contributed by atoms with Gasteiger partial charge in [-0.15, -0.1) is 5.43 Å². The molecule has 66 valence electrons. The van der Waals surface area contributed by atoms with Crippen LogP contribution in [0.3, 0.4) is 0 Å². The average Bonchev–Trinajstić information content (AvgIpc) is 2.51. The third kappa shape index (κ3) is 1.26. The van der Waals surface area contributed by atoms with Gasteiger partial charge in [0.1, 0.15) is 16.7 Å². The lowest BCUT2D eigenvalue weighted by Crippen LogP contribution is -2.07. The lowest BCUT2D eigenvalue weighted by atomic mass is 10.3. The Bertz CT molecular complexity index is 451. The summed E-state index contributed by atoms with van der Waals surface area (Å²) in [6.07, 6.45) is 0. The van der Waals surface area contributed by atoms with E-state index in [1.165, 1.54) is 0 Å². The van der Waals surface area contributed by atoms with E-state index in [2.05, 4.69) is 15.4 Å². The predicted octanol–water partition coefficient (Wildman–Crippen LogP) is 0.561. The molecule has 0 atom stereocenters. The van der Waals surface area contributed by atoms with Crippen molar-refractivity contribution >= 4 is 16.7 Å². The molecule has 0 saturated carbocycles. The van der Waals surface area contributed by atoms with E-state index in [0.717, 1.165) is 0 Å². The maximum Gasteiger partial charge on any atom is 0.162 e. The molecular weight excluding hydrogens is 174 g/mol. The average molecular weight is 179 g/mol. The minimum Gasteiger partial charge on any atom is -0.235 e. The Morgan fingerprint density at radius 3 is 3.08 bits per heavy atom. The number of hydrogen-bond acceptors (Lipinski definition) is 4. The van der Waals surface area contributed by atoms with Gasteiger partial charge < -0.3 is 0 Å². The van der Waals surface area contributed by atoms with Crippen LogP contribution < -0.4 is 5.43 Å². The molecule has 0 unspecified atom stereocenters. The zero-order chi connectivity index (χ0) is 9.26. The quantitative estimate of drug-likeness (QED) is 0.518. The van der Waals surface area contributed by atoms with Crippen molar-refractivity contribution < 1.29 is 5.03 Å². The molecule has 0 radical (unpaired) electrons. The molecule has 2 aromatic rings. The Hall–Kier alpha value is -2.18. The van der Waals surface area contributed by atoms with Gasteiger partial charge in [0.2, 0.25) is 0 Å². The molecule has 0 amide bonds. The van der Waals surface area contributed by atoms with E-state index in [4.69, 9.17) is 0 Å². The molecule has 13 heavy (non-hydrogen) atoms. The van der Waals surface area contributed by atoms with Crippen LogP contribution in [0.1, 0.15) is 0 Å². The van der Waals surface area contributed by atoms with Gasteiger partial charge in [-0.1, -0.05) is 6.07 Å². The smallest absolute Gasteiger partial charge is 0.162 e. The van der Waals surface area contributed by atoms with Crippen LogP contribution in [0.2, 0.25) is 0 Å². The fourth-order valence-corrected chi connectivity index (χ4v) is 1.06. The molecule has 0 aliphatic heterocycles. The van der Waals surface area contributed by atoms with Crippen LogP contribution in [-0.4, -0.2) is 20.4 Å². The van der Waals surface area contributed by atoms with E-state index in [1.54, 1.807) is 18.2 Å². The molecule has 2 rings (SSSR count). The lowest BCUT2D eigenvalue weighted by Gasteiger charge is -1.95. The number of nitrogens with zero attached hydrogens (tertiary/aromatic N) is 3. The van der Waals surface area contributed by atoms with Crippen LogP contribution in [0.4, 0.5) is 5.69 Å². The first kappa shape index (κ1) is 7.47. The number of fused-ring (bicyclic) bond motifs is 1. The number of hydrazine groups is 1. The van der Waals surface area contributed by atoms with Gasteiger partial charge >= 0.3 is 0 Å². The summed E-state index contributed by atoms with van der Waals surface area (Å²) in [7, 11) is 0. The summed E-state index contributed by atoms with van der Waals surface area (Å²) in [4.78, 5) is 10.2. The topological polar surface area (TPSA) is 96.7 Å². The van der Waals surface area contributed by atoms with Gasteiger partial charge in [0.25, 0.3) is 0 Å². The molecule has 1 aromatic carbocycles. The molecule has 1 heterocycles. The molecule has 1 aromatic heterocycles. The standard InChI is InChI=1S/C6H5N5O2/c12-11(13)9-5-3-1-2-4-6(5)8-10-7-4/h1-3,9H,(H,7,8,10). The van der Waals surface area contributed by atoms with Crippen molar-refractivity contribution in [2.24, 2.45) is 0 Å². The second kappa shape index (κ2) is 2.70. The van der Waals surface area contributed by atoms with Crippen LogP contribution in [0.25, 0.3) is 11.0 Å². The van der Waals surface area contributed by atoms with Crippen molar-refractivity contribution in [1.29, 1.82) is 0 Å². The summed E-state index contributed by atoms with van der Waals surface area (Å²) in [6.45, 7) is 0. The Morgan fingerprint density at radius 1 is 1.46 bits per heavy atom. The number of H-pyrrole nitrogens is 1.